The minimum atomic E-state index is -0.892. The second-order valence-corrected chi connectivity index (χ2v) is 4.23. The van der Waals surface area contributed by atoms with E-state index >= 15 is 0 Å². The zero-order valence-electron chi connectivity index (χ0n) is 10.1. The summed E-state index contributed by atoms with van der Waals surface area (Å²) in [6.07, 6.45) is 2.10. The number of methoxy groups -OCH3 is 1. The van der Waals surface area contributed by atoms with Crippen molar-refractivity contribution in [3.8, 4) is 5.75 Å². The van der Waals surface area contributed by atoms with Crippen LogP contribution >= 0.6 is 0 Å². The van der Waals surface area contributed by atoms with Crippen molar-refractivity contribution < 1.29 is 19.4 Å². The van der Waals surface area contributed by atoms with E-state index in [9.17, 15) is 14.7 Å². The van der Waals surface area contributed by atoms with E-state index in [1.165, 1.54) is 6.08 Å². The number of carbonyl (C=O) groups is 2. The molecule has 1 unspecified atom stereocenters. The topological polar surface area (TPSA) is 63.6 Å². The number of allylic oxidation sites excluding steroid dienone is 1. The normalized spacial score (nSPS) is 19.3. The van der Waals surface area contributed by atoms with E-state index in [0.717, 1.165) is 5.56 Å². The molecule has 0 radical (unpaired) electrons. The minimum Gasteiger partial charge on any atom is -0.497 e. The second kappa shape index (κ2) is 5.04. The first-order valence-electron chi connectivity index (χ1n) is 5.73. The molecule has 2 rings (SSSR count). The van der Waals surface area contributed by atoms with Crippen LogP contribution in [0.1, 0.15) is 18.4 Å². The van der Waals surface area contributed by atoms with Gasteiger partial charge in [-0.2, -0.15) is 0 Å². The average molecular weight is 246 g/mol. The summed E-state index contributed by atoms with van der Waals surface area (Å²) in [5.74, 6) is -0.882. The lowest BCUT2D eigenvalue weighted by Gasteiger charge is -2.20. The molecular weight excluding hydrogens is 232 g/mol. The van der Waals surface area contributed by atoms with E-state index < -0.39 is 11.9 Å². The molecule has 0 saturated heterocycles. The van der Waals surface area contributed by atoms with Crippen LogP contribution in [0, 0.1) is 5.92 Å². The van der Waals surface area contributed by atoms with Crippen molar-refractivity contribution in [2.75, 3.05) is 7.11 Å². The van der Waals surface area contributed by atoms with Crippen LogP contribution in [0.4, 0.5) is 0 Å². The van der Waals surface area contributed by atoms with Gasteiger partial charge in [-0.15, -0.1) is 0 Å². The van der Waals surface area contributed by atoms with E-state index in [2.05, 4.69) is 0 Å². The summed E-state index contributed by atoms with van der Waals surface area (Å²) in [6.45, 7) is 0. The molecule has 0 amide bonds. The van der Waals surface area contributed by atoms with Crippen molar-refractivity contribution in [1.82, 2.24) is 0 Å². The van der Waals surface area contributed by atoms with Gasteiger partial charge in [-0.05, 0) is 35.8 Å². The standard InChI is InChI=1S/C14H14O4/c1-18-11-4-2-3-9(7-11)13-8-10(15)5-6-12(13)14(16)17/h2-4,7-8,12H,5-6H2,1H3,(H,16,17). The molecule has 4 heteroatoms. The van der Waals surface area contributed by atoms with Crippen LogP contribution in [0.15, 0.2) is 30.3 Å². The number of ketones is 1. The summed E-state index contributed by atoms with van der Waals surface area (Å²) >= 11 is 0. The van der Waals surface area contributed by atoms with Crippen LogP contribution in [0.3, 0.4) is 0 Å². The van der Waals surface area contributed by atoms with Gasteiger partial charge in [-0.25, -0.2) is 0 Å². The third-order valence-corrected chi connectivity index (χ3v) is 3.07. The van der Waals surface area contributed by atoms with E-state index in [0.29, 0.717) is 24.2 Å². The molecule has 0 fully saturated rings. The zero-order valence-corrected chi connectivity index (χ0v) is 10.1. The van der Waals surface area contributed by atoms with Crippen LogP contribution in [-0.2, 0) is 9.59 Å². The Morgan fingerprint density at radius 3 is 2.89 bits per heavy atom. The molecule has 0 aromatic heterocycles. The van der Waals surface area contributed by atoms with Crippen LogP contribution in [-0.4, -0.2) is 24.0 Å². The summed E-state index contributed by atoms with van der Waals surface area (Å²) in [5.41, 5.74) is 1.30. The lowest BCUT2D eigenvalue weighted by molar-refractivity contribution is -0.140. The molecule has 4 nitrogen and oxygen atoms in total. The molecule has 1 aliphatic rings. The highest BCUT2D eigenvalue weighted by molar-refractivity contribution is 6.03. The molecule has 1 aliphatic carbocycles. The van der Waals surface area contributed by atoms with Gasteiger partial charge in [0, 0.05) is 6.42 Å². The number of benzene rings is 1. The highest BCUT2D eigenvalue weighted by Gasteiger charge is 2.28. The first-order valence-corrected chi connectivity index (χ1v) is 5.73. The maximum absolute atomic E-state index is 11.5. The molecule has 1 aromatic rings. The molecule has 0 spiro atoms. The molecule has 0 aliphatic heterocycles. The number of aliphatic carboxylic acids is 1. The highest BCUT2D eigenvalue weighted by atomic mass is 16.5. The summed E-state index contributed by atoms with van der Waals surface area (Å²) in [7, 11) is 1.55. The second-order valence-electron chi connectivity index (χ2n) is 4.23. The van der Waals surface area contributed by atoms with E-state index in [4.69, 9.17) is 4.74 Å². The zero-order chi connectivity index (χ0) is 13.1. The molecule has 0 bridgehead atoms. The number of hydrogen-bond donors (Lipinski definition) is 1. The SMILES string of the molecule is COc1cccc(C2=CC(=O)CCC2C(=O)O)c1. The summed E-state index contributed by atoms with van der Waals surface area (Å²) < 4.78 is 5.11. The Bertz CT molecular complexity index is 516. The summed E-state index contributed by atoms with van der Waals surface area (Å²) in [5, 5.41) is 9.20. The quantitative estimate of drug-likeness (QED) is 0.887. The molecule has 1 atom stereocenters. The van der Waals surface area contributed by atoms with Crippen LogP contribution in [0.25, 0.3) is 5.57 Å². The van der Waals surface area contributed by atoms with Gasteiger partial charge in [0.15, 0.2) is 5.78 Å². The third-order valence-electron chi connectivity index (χ3n) is 3.07. The molecular formula is C14H14O4. The Balaban J connectivity index is 2.44. The maximum Gasteiger partial charge on any atom is 0.311 e. The van der Waals surface area contributed by atoms with Gasteiger partial charge in [0.05, 0.1) is 13.0 Å². The predicted octanol–water partition coefficient (Wildman–Crippen LogP) is 2.14. The smallest absolute Gasteiger partial charge is 0.311 e. The van der Waals surface area contributed by atoms with Crippen molar-refractivity contribution in [3.05, 3.63) is 35.9 Å². The van der Waals surface area contributed by atoms with Crippen molar-refractivity contribution in [1.29, 1.82) is 0 Å². The van der Waals surface area contributed by atoms with Crippen molar-refractivity contribution in [2.24, 2.45) is 5.92 Å². The van der Waals surface area contributed by atoms with Crippen molar-refractivity contribution >= 4 is 17.3 Å². The molecule has 94 valence electrons. The number of carboxylic acid groups (broad SMARTS) is 1. The van der Waals surface area contributed by atoms with Gasteiger partial charge in [-0.3, -0.25) is 9.59 Å². The Labute approximate surface area is 105 Å². The minimum absolute atomic E-state index is 0.0229. The Hall–Kier alpha value is -2.10. The Morgan fingerprint density at radius 1 is 1.44 bits per heavy atom. The number of carboxylic acids is 1. The fourth-order valence-electron chi connectivity index (χ4n) is 2.13. The number of rotatable bonds is 3. The first-order chi connectivity index (χ1) is 8.61. The lowest BCUT2D eigenvalue weighted by atomic mass is 9.83. The highest BCUT2D eigenvalue weighted by Crippen LogP contribution is 2.32. The Morgan fingerprint density at radius 2 is 2.22 bits per heavy atom. The fourth-order valence-corrected chi connectivity index (χ4v) is 2.13. The predicted molar refractivity (Wildman–Crippen MR) is 66.3 cm³/mol. The number of ether oxygens (including phenoxy) is 1. The third kappa shape index (κ3) is 2.42. The molecule has 1 N–H and O–H groups in total. The van der Waals surface area contributed by atoms with Gasteiger partial charge in [0.25, 0.3) is 0 Å². The molecule has 0 saturated carbocycles. The van der Waals surface area contributed by atoms with Gasteiger partial charge < -0.3 is 9.84 Å². The fraction of sp³-hybridized carbons (Fsp3) is 0.286. The first kappa shape index (κ1) is 12.4. The van der Waals surface area contributed by atoms with Gasteiger partial charge in [-0.1, -0.05) is 12.1 Å². The van der Waals surface area contributed by atoms with Crippen molar-refractivity contribution in [2.45, 2.75) is 12.8 Å². The van der Waals surface area contributed by atoms with Gasteiger partial charge in [0.1, 0.15) is 5.75 Å². The molecule has 0 heterocycles. The summed E-state index contributed by atoms with van der Waals surface area (Å²) in [6, 6.07) is 7.11. The number of carbonyl (C=O) groups excluding carboxylic acids is 1. The van der Waals surface area contributed by atoms with Gasteiger partial charge >= 0.3 is 5.97 Å². The molecule has 1 aromatic carbocycles. The maximum atomic E-state index is 11.5. The van der Waals surface area contributed by atoms with Gasteiger partial charge in [0.2, 0.25) is 0 Å². The van der Waals surface area contributed by atoms with Crippen LogP contribution < -0.4 is 4.74 Å². The van der Waals surface area contributed by atoms with E-state index in [1.807, 2.05) is 0 Å². The summed E-state index contributed by atoms with van der Waals surface area (Å²) in [4.78, 5) is 22.7. The van der Waals surface area contributed by atoms with Crippen LogP contribution in [0.5, 0.6) is 5.75 Å². The van der Waals surface area contributed by atoms with E-state index in [1.54, 1.807) is 31.4 Å². The van der Waals surface area contributed by atoms with Crippen LogP contribution in [0.2, 0.25) is 0 Å². The average Bonchev–Trinajstić information content (AvgIpc) is 2.38. The van der Waals surface area contributed by atoms with E-state index in [-0.39, 0.29) is 5.78 Å². The van der Waals surface area contributed by atoms with Crippen molar-refractivity contribution in [3.63, 3.8) is 0 Å². The lowest BCUT2D eigenvalue weighted by Crippen LogP contribution is -2.21. The number of hydrogen-bond acceptors (Lipinski definition) is 3. The molecule has 18 heavy (non-hydrogen) atoms. The monoisotopic (exact) mass is 246 g/mol. The largest absolute Gasteiger partial charge is 0.497 e. The Kier molecular flexibility index (Phi) is 3.46.